The van der Waals surface area contributed by atoms with E-state index in [0.29, 0.717) is 0 Å². The van der Waals surface area contributed by atoms with E-state index in [4.69, 9.17) is 5.73 Å². The number of nitrogens with two attached hydrogens (primary N) is 1. The normalized spacial score (nSPS) is 12.5. The Balaban J connectivity index is 2.05. The molecular formula is C20H17N3O. The number of amides is 1. The second-order valence-corrected chi connectivity index (χ2v) is 5.92. The zero-order valence-electron chi connectivity index (χ0n) is 13.3. The summed E-state index contributed by atoms with van der Waals surface area (Å²) in [4.78, 5) is 16.4. The molecule has 1 unspecified atom stereocenters. The van der Waals surface area contributed by atoms with Gasteiger partial charge in [0.1, 0.15) is 6.04 Å². The molecule has 24 heavy (non-hydrogen) atoms. The molecule has 0 spiro atoms. The fraction of sp³-hybridized carbons (Fsp3) is 0.100. The molecule has 2 aromatic carbocycles. The molecule has 0 aliphatic rings. The summed E-state index contributed by atoms with van der Waals surface area (Å²) in [5.41, 5.74) is 9.44. The number of carbonyl (C=O) groups is 1. The van der Waals surface area contributed by atoms with Gasteiger partial charge in [-0.25, -0.2) is 0 Å². The van der Waals surface area contributed by atoms with Gasteiger partial charge in [-0.05, 0) is 19.1 Å². The lowest BCUT2D eigenvalue weighted by molar-refractivity contribution is -0.120. The largest absolute Gasteiger partial charge is 0.368 e. The van der Waals surface area contributed by atoms with Gasteiger partial charge in [0.15, 0.2) is 0 Å². The fourth-order valence-corrected chi connectivity index (χ4v) is 3.21. The Kier molecular flexibility index (Phi) is 3.31. The van der Waals surface area contributed by atoms with E-state index in [1.807, 2.05) is 66.2 Å². The number of rotatable bonds is 3. The number of hydrogen-bond acceptors (Lipinski definition) is 2. The molecule has 4 aromatic rings. The zero-order chi connectivity index (χ0) is 16.7. The highest BCUT2D eigenvalue weighted by Crippen LogP contribution is 2.33. The number of pyridine rings is 1. The molecule has 4 nitrogen and oxygen atoms in total. The average molecular weight is 315 g/mol. The first-order valence-corrected chi connectivity index (χ1v) is 7.90. The highest BCUT2D eigenvalue weighted by Gasteiger charge is 2.19. The first-order chi connectivity index (χ1) is 11.7. The van der Waals surface area contributed by atoms with Crippen LogP contribution in [0, 0.1) is 0 Å². The Hall–Kier alpha value is -3.14. The van der Waals surface area contributed by atoms with Crippen LogP contribution >= 0.6 is 0 Å². The van der Waals surface area contributed by atoms with Crippen molar-refractivity contribution >= 4 is 27.7 Å². The van der Waals surface area contributed by atoms with E-state index in [0.717, 1.165) is 33.1 Å². The van der Waals surface area contributed by atoms with Crippen molar-refractivity contribution in [3.05, 3.63) is 66.9 Å². The van der Waals surface area contributed by atoms with Crippen LogP contribution < -0.4 is 5.73 Å². The van der Waals surface area contributed by atoms with E-state index in [2.05, 4.69) is 17.1 Å². The average Bonchev–Trinajstić information content (AvgIpc) is 2.95. The van der Waals surface area contributed by atoms with Gasteiger partial charge in [0.05, 0.1) is 17.4 Å². The summed E-state index contributed by atoms with van der Waals surface area (Å²) >= 11 is 0. The van der Waals surface area contributed by atoms with Gasteiger partial charge in [-0.2, -0.15) is 0 Å². The topological polar surface area (TPSA) is 60.9 Å². The third kappa shape index (κ3) is 2.15. The number of carbonyl (C=O) groups excluding carboxylic acids is 1. The maximum absolute atomic E-state index is 11.8. The molecule has 1 amide bonds. The number of nitrogens with zero attached hydrogens (tertiary/aromatic N) is 2. The van der Waals surface area contributed by atoms with E-state index in [9.17, 15) is 4.79 Å². The molecule has 1 atom stereocenters. The summed E-state index contributed by atoms with van der Waals surface area (Å²) in [7, 11) is 0. The fourth-order valence-electron chi connectivity index (χ4n) is 3.21. The summed E-state index contributed by atoms with van der Waals surface area (Å²) in [5.74, 6) is -0.357. The van der Waals surface area contributed by atoms with Crippen LogP contribution in [-0.2, 0) is 4.79 Å². The maximum atomic E-state index is 11.8. The standard InChI is InChI=1S/C20H17N3O/c1-13(20(21)24)23-18-10-6-5-9-15(18)16-11-17(22-12-19(16)23)14-7-3-2-4-8-14/h2-13H,1H3,(H2,21,24). The van der Waals surface area contributed by atoms with Crippen LogP contribution in [0.25, 0.3) is 33.1 Å². The molecule has 0 fully saturated rings. The molecule has 4 rings (SSSR count). The number of aromatic nitrogens is 2. The minimum absolute atomic E-state index is 0.357. The van der Waals surface area contributed by atoms with E-state index < -0.39 is 6.04 Å². The van der Waals surface area contributed by atoms with Gasteiger partial charge in [-0.15, -0.1) is 0 Å². The first-order valence-electron chi connectivity index (χ1n) is 7.90. The van der Waals surface area contributed by atoms with Crippen molar-refractivity contribution in [2.75, 3.05) is 0 Å². The van der Waals surface area contributed by atoms with Crippen molar-refractivity contribution < 1.29 is 4.79 Å². The lowest BCUT2D eigenvalue weighted by atomic mass is 10.1. The van der Waals surface area contributed by atoms with Crippen molar-refractivity contribution in [2.24, 2.45) is 5.73 Å². The Bertz CT molecular complexity index is 1050. The minimum atomic E-state index is -0.434. The lowest BCUT2D eigenvalue weighted by Gasteiger charge is -2.13. The highest BCUT2D eigenvalue weighted by atomic mass is 16.1. The summed E-state index contributed by atoms with van der Waals surface area (Å²) in [6.45, 7) is 1.82. The molecule has 0 bridgehead atoms. The van der Waals surface area contributed by atoms with Crippen molar-refractivity contribution in [1.29, 1.82) is 0 Å². The molecular weight excluding hydrogens is 298 g/mol. The zero-order valence-corrected chi connectivity index (χ0v) is 13.3. The van der Waals surface area contributed by atoms with Crippen LogP contribution in [0.1, 0.15) is 13.0 Å². The third-order valence-electron chi connectivity index (χ3n) is 4.46. The van der Waals surface area contributed by atoms with Crippen molar-refractivity contribution in [3.63, 3.8) is 0 Å². The van der Waals surface area contributed by atoms with Crippen LogP contribution in [0.5, 0.6) is 0 Å². The lowest BCUT2D eigenvalue weighted by Crippen LogP contribution is -2.23. The van der Waals surface area contributed by atoms with Gasteiger partial charge in [0, 0.05) is 21.9 Å². The van der Waals surface area contributed by atoms with Crippen LogP contribution in [-0.4, -0.2) is 15.5 Å². The van der Waals surface area contributed by atoms with E-state index in [1.54, 1.807) is 0 Å². The second kappa shape index (κ2) is 5.49. The predicted molar refractivity (Wildman–Crippen MR) is 96.6 cm³/mol. The van der Waals surface area contributed by atoms with E-state index in [1.165, 1.54) is 0 Å². The molecule has 0 saturated carbocycles. The number of fused-ring (bicyclic) bond motifs is 3. The molecule has 0 aliphatic carbocycles. The molecule has 2 N–H and O–H groups in total. The Morgan fingerprint density at radius 1 is 1.00 bits per heavy atom. The van der Waals surface area contributed by atoms with Gasteiger partial charge < -0.3 is 10.3 Å². The van der Waals surface area contributed by atoms with Gasteiger partial charge in [-0.3, -0.25) is 9.78 Å². The maximum Gasteiger partial charge on any atom is 0.240 e. The van der Waals surface area contributed by atoms with E-state index >= 15 is 0 Å². The molecule has 4 heteroatoms. The smallest absolute Gasteiger partial charge is 0.240 e. The molecule has 0 aliphatic heterocycles. The van der Waals surface area contributed by atoms with Crippen molar-refractivity contribution in [2.45, 2.75) is 13.0 Å². The second-order valence-electron chi connectivity index (χ2n) is 5.92. The van der Waals surface area contributed by atoms with Crippen LogP contribution in [0.15, 0.2) is 66.9 Å². The van der Waals surface area contributed by atoms with Gasteiger partial charge >= 0.3 is 0 Å². The third-order valence-corrected chi connectivity index (χ3v) is 4.46. The molecule has 2 heterocycles. The first kappa shape index (κ1) is 14.5. The predicted octanol–water partition coefficient (Wildman–Crippen LogP) is 3.90. The summed E-state index contributed by atoms with van der Waals surface area (Å²) in [6.07, 6.45) is 1.83. The highest BCUT2D eigenvalue weighted by molar-refractivity contribution is 6.09. The molecule has 0 radical (unpaired) electrons. The number of para-hydroxylation sites is 1. The van der Waals surface area contributed by atoms with Gasteiger partial charge in [0.2, 0.25) is 5.91 Å². The number of benzene rings is 2. The number of hydrogen-bond donors (Lipinski definition) is 1. The van der Waals surface area contributed by atoms with Crippen molar-refractivity contribution in [3.8, 4) is 11.3 Å². The molecule has 2 aromatic heterocycles. The van der Waals surface area contributed by atoms with Crippen molar-refractivity contribution in [1.82, 2.24) is 9.55 Å². The quantitative estimate of drug-likeness (QED) is 0.623. The molecule has 118 valence electrons. The Morgan fingerprint density at radius 3 is 2.46 bits per heavy atom. The Labute approximate surface area is 139 Å². The minimum Gasteiger partial charge on any atom is -0.368 e. The van der Waals surface area contributed by atoms with Crippen LogP contribution in [0.4, 0.5) is 0 Å². The summed E-state index contributed by atoms with van der Waals surface area (Å²) < 4.78 is 1.97. The molecule has 0 saturated heterocycles. The summed E-state index contributed by atoms with van der Waals surface area (Å²) in [6, 6.07) is 19.8. The monoisotopic (exact) mass is 315 g/mol. The summed E-state index contributed by atoms with van der Waals surface area (Å²) in [5, 5.41) is 2.17. The van der Waals surface area contributed by atoms with Crippen LogP contribution in [0.3, 0.4) is 0 Å². The Morgan fingerprint density at radius 2 is 1.71 bits per heavy atom. The van der Waals surface area contributed by atoms with E-state index in [-0.39, 0.29) is 5.91 Å². The SMILES string of the molecule is CC(C(N)=O)n1c2ccccc2c2cc(-c3ccccc3)ncc21. The van der Waals surface area contributed by atoms with Crippen LogP contribution in [0.2, 0.25) is 0 Å². The number of primary amides is 1. The van der Waals surface area contributed by atoms with Gasteiger partial charge in [-0.1, -0.05) is 48.5 Å². The van der Waals surface area contributed by atoms with Gasteiger partial charge in [0.25, 0.3) is 0 Å².